The average molecular weight is 1130 g/mol. The number of carbonyl (C=O) groups excluding carboxylic acids is 3. The van der Waals surface area contributed by atoms with E-state index >= 15 is 0 Å². The second-order valence-electron chi connectivity index (χ2n) is 24.7. The van der Waals surface area contributed by atoms with E-state index in [1.807, 2.05) is 0 Å². The molecule has 6 aliphatic rings. The Bertz CT molecular complexity index is 2830. The fraction of sp³-hybridized carbons (Fsp3) is 0.615. The predicted molar refractivity (Wildman–Crippen MR) is 312 cm³/mol. The molecule has 17 heteroatoms. The smallest absolute Gasteiger partial charge is 0.246 e. The van der Waals surface area contributed by atoms with E-state index in [0.29, 0.717) is 72.3 Å². The van der Waals surface area contributed by atoms with Crippen LogP contribution in [-0.4, -0.2) is 120 Å². The van der Waals surface area contributed by atoms with Crippen molar-refractivity contribution in [3.8, 4) is 23.0 Å². The van der Waals surface area contributed by atoms with Crippen molar-refractivity contribution in [3.05, 3.63) is 94.5 Å². The van der Waals surface area contributed by atoms with Crippen molar-refractivity contribution in [2.75, 3.05) is 53.7 Å². The molecule has 5 fully saturated rings. The molecule has 0 radical (unpaired) electrons. The van der Waals surface area contributed by atoms with Crippen LogP contribution < -0.4 is 20.1 Å². The Morgan fingerprint density at radius 1 is 0.829 bits per heavy atom. The monoisotopic (exact) mass is 1130 g/mol. The second kappa shape index (κ2) is 27.1. The third-order valence-electron chi connectivity index (χ3n) is 19.5. The lowest BCUT2D eigenvalue weighted by atomic mass is 9.47. The molecule has 2 aliphatic heterocycles. The molecule has 11 atom stereocenters. The van der Waals surface area contributed by atoms with Crippen LogP contribution in [0.15, 0.2) is 77.7 Å². The summed E-state index contributed by atoms with van der Waals surface area (Å²) < 4.78 is 37.5. The topological polar surface area (TPSA) is 222 Å². The number of aliphatic hydroxyl groups is 1. The van der Waals surface area contributed by atoms with Gasteiger partial charge in [-0.25, -0.2) is 0 Å². The molecule has 2 saturated heterocycles. The van der Waals surface area contributed by atoms with Crippen LogP contribution in [-0.2, 0) is 46.3 Å². The molecule has 0 unspecified atom stereocenters. The summed E-state index contributed by atoms with van der Waals surface area (Å²) in [6.07, 6.45) is 26.4. The summed E-state index contributed by atoms with van der Waals surface area (Å²) in [5.74, 6) is 2.72. The highest BCUT2D eigenvalue weighted by Crippen LogP contribution is 2.70. The molecule has 0 bridgehead atoms. The molecular formula is C65H89N5O12. The molecule has 82 heavy (non-hydrogen) atoms. The van der Waals surface area contributed by atoms with Crippen LogP contribution in [0.1, 0.15) is 141 Å². The lowest BCUT2D eigenvalue weighted by Gasteiger charge is -2.58. The van der Waals surface area contributed by atoms with Crippen LogP contribution in [0.25, 0.3) is 12.2 Å². The number of rotatable bonds is 26. The highest BCUT2D eigenvalue weighted by Gasteiger charge is 2.68. The predicted octanol–water partition coefficient (Wildman–Crippen LogP) is 10.4. The number of nitrogens with zero attached hydrogens (tertiary/aromatic N) is 3. The van der Waals surface area contributed by atoms with Crippen molar-refractivity contribution in [2.24, 2.45) is 46.3 Å². The van der Waals surface area contributed by atoms with Gasteiger partial charge < -0.3 is 54.4 Å². The van der Waals surface area contributed by atoms with Gasteiger partial charge in [-0.2, -0.15) is 0 Å². The summed E-state index contributed by atoms with van der Waals surface area (Å²) in [5.41, 5.74) is 4.01. The number of aromatic hydroxyl groups is 2. The van der Waals surface area contributed by atoms with Crippen molar-refractivity contribution in [3.63, 3.8) is 0 Å². The van der Waals surface area contributed by atoms with Crippen LogP contribution in [0, 0.1) is 46.3 Å². The van der Waals surface area contributed by atoms with Gasteiger partial charge in [0.25, 0.3) is 0 Å². The van der Waals surface area contributed by atoms with E-state index in [-0.39, 0.29) is 83.1 Å². The van der Waals surface area contributed by atoms with Crippen LogP contribution >= 0.6 is 0 Å². The van der Waals surface area contributed by atoms with Crippen molar-refractivity contribution in [2.45, 2.75) is 155 Å². The Kier molecular flexibility index (Phi) is 20.0. The molecule has 1 aromatic heterocycles. The molecule has 4 aliphatic carbocycles. The molecule has 446 valence electrons. The molecule has 3 saturated carbocycles. The lowest BCUT2D eigenvalue weighted by Crippen LogP contribution is -2.52. The first-order valence-electron chi connectivity index (χ1n) is 30.2. The van der Waals surface area contributed by atoms with Gasteiger partial charge in [0.15, 0.2) is 34.6 Å². The molecular weight excluding hydrogens is 1040 g/mol. The minimum Gasteiger partial charge on any atom is -0.508 e. The van der Waals surface area contributed by atoms with Crippen molar-refractivity contribution < 1.29 is 58.1 Å². The molecule has 2 amide bonds. The van der Waals surface area contributed by atoms with E-state index in [1.165, 1.54) is 77.0 Å². The van der Waals surface area contributed by atoms with Gasteiger partial charge in [-0.3, -0.25) is 19.1 Å². The fourth-order valence-electron chi connectivity index (χ4n) is 15.0. The van der Waals surface area contributed by atoms with Gasteiger partial charge in [-0.05, 0) is 165 Å². The summed E-state index contributed by atoms with van der Waals surface area (Å²) in [7, 11) is 2.87. The highest BCUT2D eigenvalue weighted by molar-refractivity contribution is 6.07. The number of benzene rings is 2. The minimum atomic E-state index is -0.461. The summed E-state index contributed by atoms with van der Waals surface area (Å²) >= 11 is 0. The Morgan fingerprint density at radius 3 is 2.20 bits per heavy atom. The first-order valence-corrected chi connectivity index (χ1v) is 30.2. The van der Waals surface area contributed by atoms with Gasteiger partial charge in [-0.15, -0.1) is 5.10 Å². The Balaban J connectivity index is 0.615. The third-order valence-corrected chi connectivity index (χ3v) is 19.5. The van der Waals surface area contributed by atoms with Crippen LogP contribution in [0.4, 0.5) is 0 Å². The van der Waals surface area contributed by atoms with E-state index in [0.717, 1.165) is 82.1 Å². The highest BCUT2D eigenvalue weighted by atomic mass is 16.7. The molecule has 2 aromatic carbocycles. The quantitative estimate of drug-likeness (QED) is 0.0166. The normalized spacial score (nSPS) is 29.6. The summed E-state index contributed by atoms with van der Waals surface area (Å²) in [5, 5.41) is 45.5. The Hall–Kier alpha value is -6.01. The number of ketones is 1. The maximum atomic E-state index is 13.6. The fourth-order valence-corrected chi connectivity index (χ4v) is 15.0. The minimum absolute atomic E-state index is 0.00319. The number of hydrogen-bond acceptors (Lipinski definition) is 14. The zero-order chi connectivity index (χ0) is 58.0. The number of ether oxygens (including phenoxy) is 6. The zero-order valence-electron chi connectivity index (χ0n) is 49.2. The number of amides is 2. The number of hydrogen-bond donors (Lipinski definition) is 5. The Morgan fingerprint density at radius 2 is 1.51 bits per heavy atom. The number of unbranched alkanes of at least 4 members (excludes halogenated alkanes) is 4. The van der Waals surface area contributed by atoms with Gasteiger partial charge in [-0.1, -0.05) is 81.7 Å². The molecule has 9 rings (SSSR count). The van der Waals surface area contributed by atoms with E-state index in [9.17, 15) is 29.7 Å². The molecule has 1 spiro atoms. The van der Waals surface area contributed by atoms with Gasteiger partial charge in [0.05, 0.1) is 38.7 Å². The SMILES string of the molecule is COc1cc(/C=C/C(=O)/C(Cc2cn(CCCCCCNC(=O)COCC(=O)NCCCCO[C@H]3CC[C@@]4(C)C(=CC[C@H]5[C@@H]6C[C@@H]7O[C@]8(CC[C@@H](C)CO8)[C@@H](C)[C@@H]7[C@@]6(C)CC[C@@H]54)C3)nn2)=C(O)/C=C/c2ccc(O)c(OC)c2)ccc1O. The van der Waals surface area contributed by atoms with E-state index in [1.54, 1.807) is 52.9 Å². The number of phenolic OH excluding ortho intramolecular Hbond substituents is 2. The van der Waals surface area contributed by atoms with Crippen molar-refractivity contribution >= 4 is 29.7 Å². The number of nitrogens with one attached hydrogen (secondary N) is 2. The maximum Gasteiger partial charge on any atom is 0.246 e. The number of methoxy groups -OCH3 is 2. The number of aryl methyl sites for hydroxylation is 1. The van der Waals surface area contributed by atoms with Crippen LogP contribution in [0.5, 0.6) is 23.0 Å². The van der Waals surface area contributed by atoms with Crippen molar-refractivity contribution in [1.82, 2.24) is 25.6 Å². The number of fused-ring (bicyclic) bond motifs is 7. The van der Waals surface area contributed by atoms with Gasteiger partial charge in [0, 0.05) is 56.8 Å². The first-order chi connectivity index (χ1) is 39.5. The lowest BCUT2D eigenvalue weighted by molar-refractivity contribution is -0.272. The van der Waals surface area contributed by atoms with E-state index in [2.05, 4.69) is 54.7 Å². The number of carbonyl (C=O) groups is 3. The first kappa shape index (κ1) is 60.6. The summed E-state index contributed by atoms with van der Waals surface area (Å²) in [4.78, 5) is 38.5. The average Bonchev–Trinajstić information content (AvgIpc) is 2.60. The molecule has 3 heterocycles. The van der Waals surface area contributed by atoms with Crippen LogP contribution in [0.2, 0.25) is 0 Å². The Labute approximate surface area is 484 Å². The van der Waals surface area contributed by atoms with E-state index in [4.69, 9.17) is 28.4 Å². The largest absolute Gasteiger partial charge is 0.508 e. The number of allylic oxidation sites excluding steroid dienone is 4. The number of aliphatic hydroxyl groups excluding tert-OH is 1. The number of phenols is 2. The van der Waals surface area contributed by atoms with Gasteiger partial charge in [0.2, 0.25) is 11.8 Å². The zero-order valence-corrected chi connectivity index (χ0v) is 49.2. The van der Waals surface area contributed by atoms with Crippen molar-refractivity contribution in [1.29, 1.82) is 0 Å². The van der Waals surface area contributed by atoms with E-state index < -0.39 is 5.78 Å². The standard InChI is InChI=1S/C65H89N5O12/c1-42-23-28-65(81-39-42)43(2)62-59(82-65)37-52-49-18-17-46-35-48(24-26-63(46,3)51(49)25-27-64(52,62)4)80-32-12-10-30-67-61(76)41-79-40-60(75)66-29-9-7-8-11-31-70-38-47(68-69-70)36-50(53(71)19-13-44-15-21-55(73)57(33-44)77-5)54(72)20-14-45-16-22-56(74)58(34-45)78-6/h13-17,19-22,33-34,38,42-43,48-49,51-52,59,62,71,73-74H,7-12,18,23-32,35-37,39-41H2,1-6H3,(H,66,75)(H,67,76)/b19-13+,20-14+,53-50-/t42-,43+,48+,49-,51+,52+,59+,62+,63+,64+,65-/m1/s1. The second-order valence-corrected chi connectivity index (χ2v) is 24.7. The summed E-state index contributed by atoms with van der Waals surface area (Å²) in [6.45, 7) is 12.7. The van der Waals surface area contributed by atoms with Crippen LogP contribution in [0.3, 0.4) is 0 Å². The molecule has 3 aromatic rings. The third kappa shape index (κ3) is 14.0. The summed E-state index contributed by atoms with van der Waals surface area (Å²) in [6, 6.07) is 9.40. The maximum absolute atomic E-state index is 13.6. The molecule has 5 N–H and O–H groups in total. The number of aromatic nitrogens is 3. The van der Waals surface area contributed by atoms with Gasteiger partial charge >= 0.3 is 0 Å². The van der Waals surface area contributed by atoms with Gasteiger partial charge in [0.1, 0.15) is 19.0 Å². The molecule has 17 nitrogen and oxygen atoms in total.